The molecule has 0 fully saturated rings. The second-order valence-electron chi connectivity index (χ2n) is 5.52. The van der Waals surface area contributed by atoms with Crippen molar-refractivity contribution in [2.75, 3.05) is 39.4 Å². The number of likely N-dealkylation sites (N-methyl/N-ethyl adjacent to an activating group) is 1. The Morgan fingerprint density at radius 3 is 2.50 bits per heavy atom. The Labute approximate surface area is 134 Å². The first-order chi connectivity index (χ1) is 10.7. The number of nitrogens with one attached hydrogen (secondary N) is 1. The van der Waals surface area contributed by atoms with Crippen molar-refractivity contribution < 1.29 is 9.53 Å². The molecule has 1 rings (SSSR count). The van der Waals surface area contributed by atoms with Crippen molar-refractivity contribution in [3.63, 3.8) is 0 Å². The summed E-state index contributed by atoms with van der Waals surface area (Å²) in [4.78, 5) is 14.3. The van der Waals surface area contributed by atoms with E-state index in [9.17, 15) is 4.79 Å². The van der Waals surface area contributed by atoms with Crippen LogP contribution < -0.4 is 5.32 Å². The van der Waals surface area contributed by atoms with Gasteiger partial charge in [-0.3, -0.25) is 4.79 Å². The molecular formula is C18H30N2O2. The Morgan fingerprint density at radius 2 is 1.86 bits per heavy atom. The van der Waals surface area contributed by atoms with Crippen molar-refractivity contribution in [1.29, 1.82) is 0 Å². The Balaban J connectivity index is 2.10. The van der Waals surface area contributed by atoms with Crippen LogP contribution in [0.2, 0.25) is 0 Å². The summed E-state index contributed by atoms with van der Waals surface area (Å²) < 4.78 is 5.56. The standard InChI is InChI=1S/C18H30N2O2/c1-4-20(5-2)12-14-22-13-11-19-18(21)16(3)15-17-9-7-6-8-10-17/h6-10,16H,4-5,11-15H2,1-3H3,(H,19,21). The van der Waals surface area contributed by atoms with Crippen molar-refractivity contribution in [1.82, 2.24) is 10.2 Å². The van der Waals surface area contributed by atoms with Crippen LogP contribution in [0.1, 0.15) is 26.3 Å². The van der Waals surface area contributed by atoms with Crippen molar-refractivity contribution in [3.05, 3.63) is 35.9 Å². The Hall–Kier alpha value is -1.39. The number of carbonyl (C=O) groups excluding carboxylic acids is 1. The molecule has 0 aliphatic rings. The normalized spacial score (nSPS) is 12.4. The monoisotopic (exact) mass is 306 g/mol. The van der Waals surface area contributed by atoms with E-state index in [0.29, 0.717) is 13.2 Å². The van der Waals surface area contributed by atoms with Gasteiger partial charge in [0.25, 0.3) is 0 Å². The number of carbonyl (C=O) groups is 1. The first-order valence-electron chi connectivity index (χ1n) is 8.29. The smallest absolute Gasteiger partial charge is 0.223 e. The molecule has 0 bridgehead atoms. The van der Waals surface area contributed by atoms with Crippen molar-refractivity contribution in [2.45, 2.75) is 27.2 Å². The third kappa shape index (κ3) is 7.57. The van der Waals surface area contributed by atoms with Crippen LogP contribution in [0.3, 0.4) is 0 Å². The number of rotatable bonds is 11. The topological polar surface area (TPSA) is 41.6 Å². The molecule has 0 spiro atoms. The third-order valence-electron chi connectivity index (χ3n) is 3.82. The van der Waals surface area contributed by atoms with E-state index in [2.05, 4.69) is 36.2 Å². The number of benzene rings is 1. The summed E-state index contributed by atoms with van der Waals surface area (Å²) in [6.07, 6.45) is 0.773. The maximum absolute atomic E-state index is 12.0. The van der Waals surface area contributed by atoms with Crippen molar-refractivity contribution in [3.8, 4) is 0 Å². The van der Waals surface area contributed by atoms with Crippen LogP contribution in [-0.2, 0) is 16.0 Å². The van der Waals surface area contributed by atoms with Crippen LogP contribution in [-0.4, -0.2) is 50.2 Å². The minimum Gasteiger partial charge on any atom is -0.378 e. The van der Waals surface area contributed by atoms with Crippen molar-refractivity contribution in [2.24, 2.45) is 5.92 Å². The van der Waals surface area contributed by atoms with Gasteiger partial charge in [0.05, 0.1) is 13.2 Å². The summed E-state index contributed by atoms with van der Waals surface area (Å²) in [5.41, 5.74) is 1.20. The van der Waals surface area contributed by atoms with Crippen LogP contribution in [0, 0.1) is 5.92 Å². The Bertz CT molecular complexity index is 405. The molecule has 0 aliphatic carbocycles. The number of ether oxygens (including phenoxy) is 1. The van der Waals surface area contributed by atoms with E-state index >= 15 is 0 Å². The highest BCUT2D eigenvalue weighted by atomic mass is 16.5. The molecule has 0 radical (unpaired) electrons. The van der Waals surface area contributed by atoms with Gasteiger partial charge in [-0.05, 0) is 25.1 Å². The molecule has 1 N–H and O–H groups in total. The highest BCUT2D eigenvalue weighted by Gasteiger charge is 2.12. The van der Waals surface area contributed by atoms with E-state index in [1.165, 1.54) is 5.56 Å². The minimum absolute atomic E-state index is 0.0157. The zero-order valence-corrected chi connectivity index (χ0v) is 14.2. The van der Waals surface area contributed by atoms with Gasteiger partial charge in [0.2, 0.25) is 5.91 Å². The second kappa shape index (κ2) is 11.2. The molecule has 0 saturated carbocycles. The van der Waals surface area contributed by atoms with Crippen LogP contribution in [0.5, 0.6) is 0 Å². The predicted molar refractivity (Wildman–Crippen MR) is 90.9 cm³/mol. The van der Waals surface area contributed by atoms with Crippen LogP contribution in [0.15, 0.2) is 30.3 Å². The lowest BCUT2D eigenvalue weighted by molar-refractivity contribution is -0.124. The molecule has 4 nitrogen and oxygen atoms in total. The highest BCUT2D eigenvalue weighted by molar-refractivity contribution is 5.78. The molecule has 0 aliphatic heterocycles. The second-order valence-corrected chi connectivity index (χ2v) is 5.52. The average molecular weight is 306 g/mol. The number of hydrogen-bond donors (Lipinski definition) is 1. The van der Waals surface area contributed by atoms with Gasteiger partial charge in [-0.25, -0.2) is 0 Å². The first kappa shape index (κ1) is 18.7. The number of amides is 1. The molecule has 1 aromatic carbocycles. The third-order valence-corrected chi connectivity index (χ3v) is 3.82. The van der Waals surface area contributed by atoms with Gasteiger partial charge >= 0.3 is 0 Å². The molecule has 0 aromatic heterocycles. The molecule has 1 atom stereocenters. The maximum Gasteiger partial charge on any atom is 0.223 e. The lowest BCUT2D eigenvalue weighted by atomic mass is 10.0. The van der Waals surface area contributed by atoms with Crippen LogP contribution >= 0.6 is 0 Å². The molecule has 0 heterocycles. The summed E-state index contributed by atoms with van der Waals surface area (Å²) >= 11 is 0. The molecule has 1 aromatic rings. The van der Waals surface area contributed by atoms with E-state index in [4.69, 9.17) is 4.74 Å². The van der Waals surface area contributed by atoms with Gasteiger partial charge in [0.15, 0.2) is 0 Å². The molecule has 1 amide bonds. The lowest BCUT2D eigenvalue weighted by Gasteiger charge is -2.17. The fourth-order valence-electron chi connectivity index (χ4n) is 2.32. The van der Waals surface area contributed by atoms with E-state index in [0.717, 1.165) is 32.7 Å². The highest BCUT2D eigenvalue weighted by Crippen LogP contribution is 2.07. The molecule has 22 heavy (non-hydrogen) atoms. The predicted octanol–water partition coefficient (Wildman–Crippen LogP) is 2.34. The minimum atomic E-state index is -0.0157. The van der Waals surface area contributed by atoms with E-state index in [-0.39, 0.29) is 11.8 Å². The molecule has 4 heteroatoms. The summed E-state index contributed by atoms with van der Waals surface area (Å²) in [5.74, 6) is 0.0780. The average Bonchev–Trinajstić information content (AvgIpc) is 2.55. The Morgan fingerprint density at radius 1 is 1.18 bits per heavy atom. The molecule has 124 valence electrons. The van der Waals surface area contributed by atoms with E-state index in [1.54, 1.807) is 0 Å². The zero-order chi connectivity index (χ0) is 16.2. The fourth-order valence-corrected chi connectivity index (χ4v) is 2.32. The maximum atomic E-state index is 12.0. The van der Waals surface area contributed by atoms with Gasteiger partial charge in [-0.1, -0.05) is 51.1 Å². The van der Waals surface area contributed by atoms with Gasteiger partial charge < -0.3 is 15.0 Å². The molecular weight excluding hydrogens is 276 g/mol. The number of hydrogen-bond acceptors (Lipinski definition) is 3. The summed E-state index contributed by atoms with van der Waals surface area (Å²) in [6.45, 7) is 11.2. The summed E-state index contributed by atoms with van der Waals surface area (Å²) in [7, 11) is 0. The first-order valence-corrected chi connectivity index (χ1v) is 8.29. The van der Waals surface area contributed by atoms with Crippen LogP contribution in [0.25, 0.3) is 0 Å². The lowest BCUT2D eigenvalue weighted by Crippen LogP contribution is -2.33. The number of nitrogens with zero attached hydrogens (tertiary/aromatic N) is 1. The van der Waals surface area contributed by atoms with Crippen LogP contribution in [0.4, 0.5) is 0 Å². The largest absolute Gasteiger partial charge is 0.378 e. The summed E-state index contributed by atoms with van der Waals surface area (Å²) in [6, 6.07) is 10.1. The van der Waals surface area contributed by atoms with Gasteiger partial charge in [-0.15, -0.1) is 0 Å². The van der Waals surface area contributed by atoms with Gasteiger partial charge in [-0.2, -0.15) is 0 Å². The Kier molecular flexibility index (Phi) is 9.51. The quantitative estimate of drug-likeness (QED) is 0.638. The SMILES string of the molecule is CCN(CC)CCOCCNC(=O)C(C)Cc1ccccc1. The van der Waals surface area contributed by atoms with Gasteiger partial charge in [0.1, 0.15) is 0 Å². The molecule has 0 saturated heterocycles. The molecule has 1 unspecified atom stereocenters. The van der Waals surface area contributed by atoms with E-state index < -0.39 is 0 Å². The fraction of sp³-hybridized carbons (Fsp3) is 0.611. The van der Waals surface area contributed by atoms with E-state index in [1.807, 2.05) is 25.1 Å². The van der Waals surface area contributed by atoms with Crippen molar-refractivity contribution >= 4 is 5.91 Å². The zero-order valence-electron chi connectivity index (χ0n) is 14.2. The van der Waals surface area contributed by atoms with Gasteiger partial charge in [0, 0.05) is 19.0 Å². The summed E-state index contributed by atoms with van der Waals surface area (Å²) in [5, 5.41) is 2.94.